The first-order chi connectivity index (χ1) is 11.2. The van der Waals surface area contributed by atoms with Gasteiger partial charge in [0.15, 0.2) is 19.7 Å². The number of hydrogen-bond donors (Lipinski definition) is 1. The largest absolute Gasteiger partial charge is 0.383 e. The van der Waals surface area contributed by atoms with Crippen LogP contribution < -0.4 is 5.32 Å². The minimum Gasteiger partial charge on any atom is -0.383 e. The molecule has 0 aliphatic carbocycles. The Labute approximate surface area is 144 Å². The van der Waals surface area contributed by atoms with Crippen molar-refractivity contribution in [2.45, 2.75) is 36.0 Å². The quantitative estimate of drug-likeness (QED) is 0.715. The molecule has 0 unspecified atom stereocenters. The predicted octanol–water partition coefficient (Wildman–Crippen LogP) is 0.985. The van der Waals surface area contributed by atoms with Gasteiger partial charge in [-0.1, -0.05) is 26.0 Å². The molecule has 136 valence electrons. The lowest BCUT2D eigenvalue weighted by Crippen LogP contribution is -2.44. The van der Waals surface area contributed by atoms with Crippen LogP contribution in [0.15, 0.2) is 29.2 Å². The number of ether oxygens (including phenoxy) is 1. The summed E-state index contributed by atoms with van der Waals surface area (Å²) in [5.41, 5.74) is 1.04. The van der Waals surface area contributed by atoms with E-state index >= 15 is 0 Å². The normalized spacial score (nSPS) is 23.7. The molecular formula is C16H25NO5S2. The summed E-state index contributed by atoms with van der Waals surface area (Å²) >= 11 is 0. The zero-order valence-corrected chi connectivity index (χ0v) is 15.9. The van der Waals surface area contributed by atoms with Gasteiger partial charge in [0.2, 0.25) is 0 Å². The van der Waals surface area contributed by atoms with Crippen LogP contribution in [0.1, 0.15) is 25.3 Å². The van der Waals surface area contributed by atoms with Gasteiger partial charge in [0.1, 0.15) is 0 Å². The Morgan fingerprint density at radius 2 is 1.83 bits per heavy atom. The van der Waals surface area contributed by atoms with E-state index in [4.69, 9.17) is 4.74 Å². The molecule has 1 aliphatic rings. The lowest BCUT2D eigenvalue weighted by molar-refractivity contribution is 0.196. The number of benzene rings is 1. The molecule has 6 nitrogen and oxygen atoms in total. The van der Waals surface area contributed by atoms with E-state index in [2.05, 4.69) is 5.32 Å². The maximum absolute atomic E-state index is 12.9. The van der Waals surface area contributed by atoms with Crippen LogP contribution in [-0.2, 0) is 24.4 Å². The van der Waals surface area contributed by atoms with Crippen LogP contribution in [0.2, 0.25) is 0 Å². The van der Waals surface area contributed by atoms with Gasteiger partial charge in [-0.25, -0.2) is 16.8 Å². The van der Waals surface area contributed by atoms with E-state index in [-0.39, 0.29) is 16.4 Å². The van der Waals surface area contributed by atoms with Crippen molar-refractivity contribution >= 4 is 19.7 Å². The molecule has 2 atom stereocenters. The Kier molecular flexibility index (Phi) is 6.06. The smallest absolute Gasteiger partial charge is 0.183 e. The second kappa shape index (κ2) is 7.51. The van der Waals surface area contributed by atoms with Crippen molar-refractivity contribution in [3.05, 3.63) is 29.8 Å². The van der Waals surface area contributed by atoms with Crippen LogP contribution in [0.5, 0.6) is 0 Å². The molecule has 0 amide bonds. The van der Waals surface area contributed by atoms with E-state index in [0.717, 1.165) is 5.56 Å². The molecule has 1 heterocycles. The number of sulfone groups is 2. The van der Waals surface area contributed by atoms with Crippen molar-refractivity contribution in [3.63, 3.8) is 0 Å². The van der Waals surface area contributed by atoms with Gasteiger partial charge in [-0.2, -0.15) is 0 Å². The molecular weight excluding hydrogens is 350 g/mol. The summed E-state index contributed by atoms with van der Waals surface area (Å²) in [6.45, 7) is 4.87. The van der Waals surface area contributed by atoms with Crippen molar-refractivity contribution < 1.29 is 21.6 Å². The monoisotopic (exact) mass is 375 g/mol. The van der Waals surface area contributed by atoms with E-state index in [9.17, 15) is 16.8 Å². The standard InChI is InChI=1S/C16H25NO5S2/c1-12(2)13-4-6-14(7-5-13)24(20,21)16-11-23(18,19)10-15(16)17-8-9-22-3/h4-7,12,15-17H,8-11H2,1-3H3/t15-,16-/m0/s1. The fourth-order valence-electron chi connectivity index (χ4n) is 2.88. The van der Waals surface area contributed by atoms with Crippen LogP contribution in [0.4, 0.5) is 0 Å². The van der Waals surface area contributed by atoms with Gasteiger partial charge in [-0.3, -0.25) is 0 Å². The van der Waals surface area contributed by atoms with E-state index in [1.54, 1.807) is 24.3 Å². The first-order valence-electron chi connectivity index (χ1n) is 7.94. The van der Waals surface area contributed by atoms with Gasteiger partial charge in [0.25, 0.3) is 0 Å². The summed E-state index contributed by atoms with van der Waals surface area (Å²) in [5, 5.41) is 2.04. The summed E-state index contributed by atoms with van der Waals surface area (Å²) < 4.78 is 54.7. The topological polar surface area (TPSA) is 89.5 Å². The number of rotatable bonds is 7. The lowest BCUT2D eigenvalue weighted by Gasteiger charge is -2.20. The van der Waals surface area contributed by atoms with Gasteiger partial charge in [-0.15, -0.1) is 0 Å². The predicted molar refractivity (Wildman–Crippen MR) is 93.8 cm³/mol. The zero-order valence-electron chi connectivity index (χ0n) is 14.2. The van der Waals surface area contributed by atoms with Crippen LogP contribution in [0, 0.1) is 0 Å². The molecule has 1 N–H and O–H groups in total. The Hall–Kier alpha value is -0.960. The highest BCUT2D eigenvalue weighted by molar-refractivity contribution is 7.96. The molecule has 1 fully saturated rings. The number of nitrogens with one attached hydrogen (secondary N) is 1. The van der Waals surface area contributed by atoms with Crippen molar-refractivity contribution in [2.24, 2.45) is 0 Å². The maximum atomic E-state index is 12.9. The average Bonchev–Trinajstić information content (AvgIpc) is 2.83. The summed E-state index contributed by atoms with van der Waals surface area (Å²) in [6.07, 6.45) is 0. The van der Waals surface area contributed by atoms with Gasteiger partial charge in [0, 0.05) is 19.7 Å². The summed E-state index contributed by atoms with van der Waals surface area (Å²) in [6, 6.07) is 6.10. The first-order valence-corrected chi connectivity index (χ1v) is 11.3. The minimum atomic E-state index is -3.72. The molecule has 0 bridgehead atoms. The molecule has 0 saturated carbocycles. The van der Waals surface area contributed by atoms with Gasteiger partial charge in [0.05, 0.1) is 28.3 Å². The second-order valence-electron chi connectivity index (χ2n) is 6.44. The van der Waals surface area contributed by atoms with Crippen LogP contribution in [0.25, 0.3) is 0 Å². The molecule has 24 heavy (non-hydrogen) atoms. The molecule has 2 rings (SSSR count). The Morgan fingerprint density at radius 3 is 2.38 bits per heavy atom. The maximum Gasteiger partial charge on any atom is 0.183 e. The summed E-state index contributed by atoms with van der Waals surface area (Å²) in [5.74, 6) is -0.201. The Balaban J connectivity index is 2.27. The fourth-order valence-corrected chi connectivity index (χ4v) is 7.59. The molecule has 0 aromatic heterocycles. The third kappa shape index (κ3) is 4.36. The van der Waals surface area contributed by atoms with Crippen LogP contribution >= 0.6 is 0 Å². The highest BCUT2D eigenvalue weighted by atomic mass is 32.2. The minimum absolute atomic E-state index is 0.162. The summed E-state index contributed by atoms with van der Waals surface area (Å²) in [7, 11) is -5.56. The van der Waals surface area contributed by atoms with Crippen molar-refractivity contribution in [1.82, 2.24) is 5.32 Å². The molecule has 0 spiro atoms. The average molecular weight is 376 g/mol. The van der Waals surface area contributed by atoms with E-state index in [1.807, 2.05) is 13.8 Å². The van der Waals surface area contributed by atoms with Gasteiger partial charge < -0.3 is 10.1 Å². The molecule has 1 saturated heterocycles. The van der Waals surface area contributed by atoms with Crippen LogP contribution in [-0.4, -0.2) is 59.9 Å². The highest BCUT2D eigenvalue weighted by Crippen LogP contribution is 2.27. The lowest BCUT2D eigenvalue weighted by atomic mass is 10.0. The van der Waals surface area contributed by atoms with Gasteiger partial charge in [-0.05, 0) is 23.6 Å². The highest BCUT2D eigenvalue weighted by Gasteiger charge is 2.45. The van der Waals surface area contributed by atoms with Crippen molar-refractivity contribution in [2.75, 3.05) is 31.8 Å². The van der Waals surface area contributed by atoms with Crippen LogP contribution in [0.3, 0.4) is 0 Å². The summed E-state index contributed by atoms with van der Waals surface area (Å²) in [4.78, 5) is 0.174. The first kappa shape index (κ1) is 19.4. The Morgan fingerprint density at radius 1 is 1.21 bits per heavy atom. The van der Waals surface area contributed by atoms with Crippen molar-refractivity contribution in [3.8, 4) is 0 Å². The number of hydrogen-bond acceptors (Lipinski definition) is 6. The third-order valence-electron chi connectivity index (χ3n) is 4.29. The Bertz CT molecular complexity index is 754. The van der Waals surface area contributed by atoms with Crippen molar-refractivity contribution in [1.29, 1.82) is 0 Å². The molecule has 1 aromatic carbocycles. The SMILES string of the molecule is COCCN[C@H]1CS(=O)(=O)C[C@@H]1S(=O)(=O)c1ccc(C(C)C)cc1. The van der Waals surface area contributed by atoms with E-state index in [0.29, 0.717) is 19.1 Å². The van der Waals surface area contributed by atoms with E-state index < -0.39 is 31.0 Å². The molecule has 8 heteroatoms. The molecule has 1 aliphatic heterocycles. The molecule has 0 radical (unpaired) electrons. The van der Waals surface area contributed by atoms with Gasteiger partial charge >= 0.3 is 0 Å². The second-order valence-corrected chi connectivity index (χ2v) is 10.8. The zero-order chi connectivity index (χ0) is 18.0. The molecule has 1 aromatic rings. The third-order valence-corrected chi connectivity index (χ3v) is 8.45. The van der Waals surface area contributed by atoms with E-state index in [1.165, 1.54) is 7.11 Å². The number of methoxy groups -OCH3 is 1. The fraction of sp³-hybridized carbons (Fsp3) is 0.625.